The highest BCUT2D eigenvalue weighted by atomic mass is 16.5. The second kappa shape index (κ2) is 11.3. The molecule has 1 fully saturated rings. The maximum atomic E-state index is 12.1. The van der Waals surface area contributed by atoms with E-state index in [0.29, 0.717) is 32.6 Å². The van der Waals surface area contributed by atoms with Gasteiger partial charge in [0.2, 0.25) is 5.91 Å². The first-order chi connectivity index (χ1) is 13.5. The number of hydrogen-bond acceptors (Lipinski definition) is 4. The van der Waals surface area contributed by atoms with Crippen LogP contribution in [-0.4, -0.2) is 61.3 Å². The summed E-state index contributed by atoms with van der Waals surface area (Å²) >= 11 is 0. The van der Waals surface area contributed by atoms with Crippen LogP contribution in [0.4, 0.5) is 4.79 Å². The average molecular weight is 391 g/mol. The molecule has 1 atom stereocenters. The highest BCUT2D eigenvalue weighted by Gasteiger charge is 2.29. The fourth-order valence-electron chi connectivity index (χ4n) is 3.23. The van der Waals surface area contributed by atoms with Crippen molar-refractivity contribution in [2.24, 2.45) is 11.8 Å². The number of aliphatic carboxylic acids is 1. The standard InChI is InChI=1S/C20H29N3O5/c1-23(14-15-5-3-2-4-6-15)20(27)21-10-7-18(24)22-13-17(19(25)26)16-8-11-28-12-9-16/h2-6,16-17H,7-14H2,1H3,(H,21,27)(H,22,24)(H,25,26). The lowest BCUT2D eigenvalue weighted by Gasteiger charge is -2.27. The molecule has 2 rings (SSSR count). The largest absolute Gasteiger partial charge is 0.481 e. The van der Waals surface area contributed by atoms with Gasteiger partial charge in [-0.15, -0.1) is 0 Å². The van der Waals surface area contributed by atoms with Gasteiger partial charge in [0.25, 0.3) is 0 Å². The van der Waals surface area contributed by atoms with Gasteiger partial charge < -0.3 is 25.4 Å². The topological polar surface area (TPSA) is 108 Å². The predicted octanol–water partition coefficient (Wildman–Crippen LogP) is 1.46. The second-order valence-electron chi connectivity index (χ2n) is 7.02. The number of nitrogens with zero attached hydrogens (tertiary/aromatic N) is 1. The van der Waals surface area contributed by atoms with Crippen molar-refractivity contribution in [3.8, 4) is 0 Å². The molecule has 1 heterocycles. The van der Waals surface area contributed by atoms with E-state index in [1.165, 1.54) is 0 Å². The van der Waals surface area contributed by atoms with Crippen LogP contribution < -0.4 is 10.6 Å². The summed E-state index contributed by atoms with van der Waals surface area (Å²) in [5.41, 5.74) is 1.02. The van der Waals surface area contributed by atoms with E-state index in [-0.39, 0.29) is 37.4 Å². The molecular formula is C20H29N3O5. The number of ether oxygens (including phenoxy) is 1. The molecule has 8 nitrogen and oxygen atoms in total. The third-order valence-electron chi connectivity index (χ3n) is 4.91. The van der Waals surface area contributed by atoms with E-state index in [1.54, 1.807) is 11.9 Å². The lowest BCUT2D eigenvalue weighted by molar-refractivity contribution is -0.144. The zero-order chi connectivity index (χ0) is 20.4. The molecule has 0 spiro atoms. The summed E-state index contributed by atoms with van der Waals surface area (Å²) in [6.07, 6.45) is 1.48. The molecule has 0 aromatic heterocycles. The predicted molar refractivity (Wildman–Crippen MR) is 104 cm³/mol. The number of carbonyl (C=O) groups is 3. The summed E-state index contributed by atoms with van der Waals surface area (Å²) in [4.78, 5) is 37.1. The van der Waals surface area contributed by atoms with Gasteiger partial charge in [-0.1, -0.05) is 30.3 Å². The molecule has 1 aromatic carbocycles. The van der Waals surface area contributed by atoms with Crippen LogP contribution in [-0.2, 0) is 20.9 Å². The molecule has 1 aromatic rings. The minimum atomic E-state index is -0.900. The molecular weight excluding hydrogens is 362 g/mol. The van der Waals surface area contributed by atoms with E-state index in [1.807, 2.05) is 30.3 Å². The molecule has 1 saturated heterocycles. The summed E-state index contributed by atoms with van der Waals surface area (Å²) in [7, 11) is 1.69. The number of hydrogen-bond donors (Lipinski definition) is 3. The fraction of sp³-hybridized carbons (Fsp3) is 0.550. The molecule has 1 aliphatic heterocycles. The summed E-state index contributed by atoms with van der Waals surface area (Å²) < 4.78 is 5.26. The maximum absolute atomic E-state index is 12.1. The number of carbonyl (C=O) groups excluding carboxylic acids is 2. The van der Waals surface area contributed by atoms with Crippen LogP contribution in [0.5, 0.6) is 0 Å². The number of urea groups is 1. The molecule has 0 bridgehead atoms. The lowest BCUT2D eigenvalue weighted by Crippen LogP contribution is -2.41. The Labute approximate surface area is 165 Å². The molecule has 3 amide bonds. The molecule has 1 unspecified atom stereocenters. The number of amides is 3. The van der Waals surface area contributed by atoms with Crippen molar-refractivity contribution in [2.75, 3.05) is 33.4 Å². The quantitative estimate of drug-likeness (QED) is 0.591. The summed E-state index contributed by atoms with van der Waals surface area (Å²) in [6, 6.07) is 9.36. The van der Waals surface area contributed by atoms with Crippen LogP contribution in [0.25, 0.3) is 0 Å². The summed E-state index contributed by atoms with van der Waals surface area (Å²) in [6.45, 7) is 1.89. The molecule has 0 radical (unpaired) electrons. The Morgan fingerprint density at radius 3 is 2.50 bits per heavy atom. The first kappa shape index (κ1) is 21.7. The molecule has 1 aliphatic rings. The van der Waals surface area contributed by atoms with Crippen LogP contribution in [0.3, 0.4) is 0 Å². The number of rotatable bonds is 9. The van der Waals surface area contributed by atoms with E-state index in [2.05, 4.69) is 10.6 Å². The van der Waals surface area contributed by atoms with Crippen molar-refractivity contribution in [3.63, 3.8) is 0 Å². The van der Waals surface area contributed by atoms with E-state index < -0.39 is 11.9 Å². The monoisotopic (exact) mass is 391 g/mol. The lowest BCUT2D eigenvalue weighted by atomic mass is 9.86. The fourth-order valence-corrected chi connectivity index (χ4v) is 3.23. The smallest absolute Gasteiger partial charge is 0.317 e. The Morgan fingerprint density at radius 1 is 1.18 bits per heavy atom. The van der Waals surface area contributed by atoms with Gasteiger partial charge in [0.15, 0.2) is 0 Å². The van der Waals surface area contributed by atoms with E-state index in [0.717, 1.165) is 5.56 Å². The van der Waals surface area contributed by atoms with Crippen LogP contribution in [0, 0.1) is 11.8 Å². The first-order valence-corrected chi connectivity index (χ1v) is 9.57. The normalized spacial score (nSPS) is 15.5. The SMILES string of the molecule is CN(Cc1ccccc1)C(=O)NCCC(=O)NCC(C(=O)O)C1CCOCC1. The van der Waals surface area contributed by atoms with Crippen molar-refractivity contribution in [1.82, 2.24) is 15.5 Å². The Balaban J connectivity index is 1.67. The van der Waals surface area contributed by atoms with Crippen LogP contribution >= 0.6 is 0 Å². The van der Waals surface area contributed by atoms with Crippen LogP contribution in [0.1, 0.15) is 24.8 Å². The zero-order valence-corrected chi connectivity index (χ0v) is 16.2. The molecule has 0 aliphatic carbocycles. The summed E-state index contributed by atoms with van der Waals surface area (Å²) in [5, 5.41) is 14.8. The Morgan fingerprint density at radius 2 is 1.86 bits per heavy atom. The third-order valence-corrected chi connectivity index (χ3v) is 4.91. The average Bonchev–Trinajstić information content (AvgIpc) is 2.69. The maximum Gasteiger partial charge on any atom is 0.317 e. The van der Waals surface area contributed by atoms with E-state index in [9.17, 15) is 19.5 Å². The Hall–Kier alpha value is -2.61. The van der Waals surface area contributed by atoms with Crippen molar-refractivity contribution in [3.05, 3.63) is 35.9 Å². The van der Waals surface area contributed by atoms with E-state index in [4.69, 9.17) is 4.74 Å². The molecule has 0 saturated carbocycles. The third kappa shape index (κ3) is 7.19. The minimum Gasteiger partial charge on any atom is -0.481 e. The molecule has 154 valence electrons. The highest BCUT2D eigenvalue weighted by molar-refractivity contribution is 5.79. The van der Waals surface area contributed by atoms with Gasteiger partial charge in [0.1, 0.15) is 0 Å². The van der Waals surface area contributed by atoms with Crippen molar-refractivity contribution in [2.45, 2.75) is 25.8 Å². The number of benzene rings is 1. The van der Waals surface area contributed by atoms with Gasteiger partial charge in [0, 0.05) is 46.3 Å². The Bertz CT molecular complexity index is 647. The van der Waals surface area contributed by atoms with Crippen molar-refractivity contribution < 1.29 is 24.2 Å². The second-order valence-corrected chi connectivity index (χ2v) is 7.02. The molecule has 28 heavy (non-hydrogen) atoms. The van der Waals surface area contributed by atoms with Crippen molar-refractivity contribution >= 4 is 17.9 Å². The summed E-state index contributed by atoms with van der Waals surface area (Å²) in [5.74, 6) is -1.77. The van der Waals surface area contributed by atoms with E-state index >= 15 is 0 Å². The highest BCUT2D eigenvalue weighted by Crippen LogP contribution is 2.23. The zero-order valence-electron chi connectivity index (χ0n) is 16.2. The van der Waals surface area contributed by atoms with Gasteiger partial charge in [0.05, 0.1) is 5.92 Å². The van der Waals surface area contributed by atoms with Gasteiger partial charge in [-0.25, -0.2) is 4.79 Å². The first-order valence-electron chi connectivity index (χ1n) is 9.57. The van der Waals surface area contributed by atoms with Crippen LogP contribution in [0.2, 0.25) is 0 Å². The van der Waals surface area contributed by atoms with Crippen LogP contribution in [0.15, 0.2) is 30.3 Å². The Kier molecular flexibility index (Phi) is 8.74. The van der Waals surface area contributed by atoms with Gasteiger partial charge in [-0.05, 0) is 24.3 Å². The van der Waals surface area contributed by atoms with Gasteiger partial charge in [-0.2, -0.15) is 0 Å². The molecule has 8 heteroatoms. The van der Waals surface area contributed by atoms with Crippen molar-refractivity contribution in [1.29, 1.82) is 0 Å². The van der Waals surface area contributed by atoms with Gasteiger partial charge in [-0.3, -0.25) is 9.59 Å². The molecule has 3 N–H and O–H groups in total. The van der Waals surface area contributed by atoms with Gasteiger partial charge >= 0.3 is 12.0 Å². The number of carboxylic acid groups (broad SMARTS) is 1. The number of nitrogens with one attached hydrogen (secondary N) is 2. The minimum absolute atomic E-state index is 0.0119. The number of carboxylic acids is 1.